The standard InChI is InChI=1S/C18H22O6/c1-12(2)8-11-23-17-16(20)15-13(22-10-4-3-9-19)6-5-7-14(15)24-18(17)21/h5-8,19-20H,3-4,9-11H2,1-2H3. The summed E-state index contributed by atoms with van der Waals surface area (Å²) in [5.41, 5.74) is 0.527. The molecule has 1 aromatic carbocycles. The van der Waals surface area contributed by atoms with Gasteiger partial charge < -0.3 is 24.1 Å². The van der Waals surface area contributed by atoms with Crippen molar-refractivity contribution in [2.24, 2.45) is 0 Å². The van der Waals surface area contributed by atoms with E-state index in [2.05, 4.69) is 0 Å². The topological polar surface area (TPSA) is 89.1 Å². The summed E-state index contributed by atoms with van der Waals surface area (Å²) in [5.74, 6) is -0.119. The quantitative estimate of drug-likeness (QED) is 0.438. The van der Waals surface area contributed by atoms with E-state index < -0.39 is 5.63 Å². The highest BCUT2D eigenvalue weighted by Gasteiger charge is 2.18. The number of fused-ring (bicyclic) bond motifs is 1. The Morgan fingerprint density at radius 3 is 2.75 bits per heavy atom. The van der Waals surface area contributed by atoms with Crippen LogP contribution >= 0.6 is 0 Å². The van der Waals surface area contributed by atoms with E-state index >= 15 is 0 Å². The van der Waals surface area contributed by atoms with Crippen molar-refractivity contribution in [2.45, 2.75) is 26.7 Å². The van der Waals surface area contributed by atoms with Gasteiger partial charge in [0.05, 0.1) is 6.61 Å². The van der Waals surface area contributed by atoms with Crippen LogP contribution in [0.5, 0.6) is 17.2 Å². The number of hydrogen-bond acceptors (Lipinski definition) is 6. The van der Waals surface area contributed by atoms with Crippen LogP contribution in [-0.4, -0.2) is 30.0 Å². The molecule has 0 spiro atoms. The number of allylic oxidation sites excluding steroid dienone is 1. The molecule has 1 aromatic heterocycles. The predicted molar refractivity (Wildman–Crippen MR) is 90.9 cm³/mol. The molecule has 0 aliphatic rings. The average Bonchev–Trinajstić information content (AvgIpc) is 2.54. The number of unbranched alkanes of at least 4 members (excludes halogenated alkanes) is 1. The van der Waals surface area contributed by atoms with Crippen molar-refractivity contribution in [2.75, 3.05) is 19.8 Å². The minimum Gasteiger partial charge on any atom is -0.503 e. The van der Waals surface area contributed by atoms with Crippen LogP contribution in [0.1, 0.15) is 26.7 Å². The smallest absolute Gasteiger partial charge is 0.383 e. The first-order chi connectivity index (χ1) is 11.5. The van der Waals surface area contributed by atoms with Crippen LogP contribution in [0.2, 0.25) is 0 Å². The molecular formula is C18H22O6. The molecular weight excluding hydrogens is 312 g/mol. The number of ether oxygens (including phenoxy) is 2. The molecule has 2 rings (SSSR count). The van der Waals surface area contributed by atoms with Crippen LogP contribution in [0.4, 0.5) is 0 Å². The van der Waals surface area contributed by atoms with E-state index in [-0.39, 0.29) is 30.3 Å². The molecule has 0 bridgehead atoms. The Labute approximate surface area is 139 Å². The molecule has 2 N–H and O–H groups in total. The van der Waals surface area contributed by atoms with Gasteiger partial charge in [0.25, 0.3) is 0 Å². The van der Waals surface area contributed by atoms with Crippen molar-refractivity contribution >= 4 is 11.0 Å². The number of benzene rings is 1. The fraction of sp³-hybridized carbons (Fsp3) is 0.389. The summed E-state index contributed by atoms with van der Waals surface area (Å²) in [4.78, 5) is 12.0. The second-order valence-corrected chi connectivity index (χ2v) is 5.57. The fourth-order valence-corrected chi connectivity index (χ4v) is 2.12. The molecule has 0 aliphatic carbocycles. The summed E-state index contributed by atoms with van der Waals surface area (Å²) in [6.45, 7) is 4.45. The number of rotatable bonds is 8. The second-order valence-electron chi connectivity index (χ2n) is 5.57. The van der Waals surface area contributed by atoms with E-state index in [4.69, 9.17) is 19.0 Å². The van der Waals surface area contributed by atoms with E-state index in [0.717, 1.165) is 5.57 Å². The average molecular weight is 334 g/mol. The van der Waals surface area contributed by atoms with Gasteiger partial charge in [-0.2, -0.15) is 0 Å². The van der Waals surface area contributed by atoms with Gasteiger partial charge in [0.1, 0.15) is 23.3 Å². The van der Waals surface area contributed by atoms with Gasteiger partial charge in [-0.15, -0.1) is 0 Å². The first-order valence-electron chi connectivity index (χ1n) is 7.83. The van der Waals surface area contributed by atoms with E-state index in [1.807, 2.05) is 13.8 Å². The Morgan fingerprint density at radius 2 is 2.04 bits per heavy atom. The summed E-state index contributed by atoms with van der Waals surface area (Å²) in [7, 11) is 0. The lowest BCUT2D eigenvalue weighted by Gasteiger charge is -2.11. The number of aliphatic hydroxyl groups is 1. The third kappa shape index (κ3) is 4.29. The molecule has 0 atom stereocenters. The van der Waals surface area contributed by atoms with Gasteiger partial charge in [0.15, 0.2) is 5.75 Å². The molecule has 6 heteroatoms. The van der Waals surface area contributed by atoms with E-state index in [1.165, 1.54) is 0 Å². The largest absolute Gasteiger partial charge is 0.503 e. The first kappa shape index (κ1) is 17.9. The van der Waals surface area contributed by atoms with Gasteiger partial charge in [-0.1, -0.05) is 11.6 Å². The van der Waals surface area contributed by atoms with Crippen LogP contribution in [0.25, 0.3) is 11.0 Å². The fourth-order valence-electron chi connectivity index (χ4n) is 2.12. The third-order valence-corrected chi connectivity index (χ3v) is 3.36. The Kier molecular flexibility index (Phi) is 6.26. The van der Waals surface area contributed by atoms with Crippen molar-refractivity contribution in [3.63, 3.8) is 0 Å². The highest BCUT2D eigenvalue weighted by molar-refractivity contribution is 5.91. The van der Waals surface area contributed by atoms with Gasteiger partial charge in [-0.25, -0.2) is 4.79 Å². The third-order valence-electron chi connectivity index (χ3n) is 3.36. The zero-order valence-corrected chi connectivity index (χ0v) is 13.9. The molecule has 24 heavy (non-hydrogen) atoms. The van der Waals surface area contributed by atoms with Crippen molar-refractivity contribution in [1.82, 2.24) is 0 Å². The molecule has 1 heterocycles. The maximum atomic E-state index is 12.0. The zero-order valence-electron chi connectivity index (χ0n) is 13.9. The maximum Gasteiger partial charge on any atom is 0.383 e. The SMILES string of the molecule is CC(C)=CCOc1c(O)c2c(OCCCCO)cccc2oc1=O. The summed E-state index contributed by atoms with van der Waals surface area (Å²) < 4.78 is 16.2. The summed E-state index contributed by atoms with van der Waals surface area (Å²) in [6.07, 6.45) is 3.09. The molecule has 0 saturated heterocycles. The normalized spacial score (nSPS) is 10.6. The molecule has 130 valence electrons. The number of hydrogen-bond donors (Lipinski definition) is 2. The predicted octanol–water partition coefficient (Wildman–Crippen LogP) is 2.99. The minimum atomic E-state index is -0.736. The summed E-state index contributed by atoms with van der Waals surface area (Å²) >= 11 is 0. The highest BCUT2D eigenvalue weighted by atomic mass is 16.5. The molecule has 6 nitrogen and oxygen atoms in total. The van der Waals surface area contributed by atoms with E-state index in [1.54, 1.807) is 24.3 Å². The Balaban J connectivity index is 2.35. The van der Waals surface area contributed by atoms with Gasteiger partial charge in [0.2, 0.25) is 5.75 Å². The minimum absolute atomic E-state index is 0.0986. The highest BCUT2D eigenvalue weighted by Crippen LogP contribution is 2.37. The van der Waals surface area contributed by atoms with Crippen LogP contribution in [0, 0.1) is 0 Å². The van der Waals surface area contributed by atoms with E-state index in [0.29, 0.717) is 30.6 Å². The van der Waals surface area contributed by atoms with Crippen molar-refractivity contribution in [3.8, 4) is 17.2 Å². The second kappa shape index (κ2) is 8.40. The monoisotopic (exact) mass is 334 g/mol. The van der Waals surface area contributed by atoms with E-state index in [9.17, 15) is 9.90 Å². The Morgan fingerprint density at radius 1 is 1.25 bits per heavy atom. The molecule has 0 saturated carbocycles. The lowest BCUT2D eigenvalue weighted by atomic mass is 10.2. The summed E-state index contributed by atoms with van der Waals surface area (Å²) in [5, 5.41) is 19.6. The van der Waals surface area contributed by atoms with Gasteiger partial charge >= 0.3 is 5.63 Å². The van der Waals surface area contributed by atoms with Crippen LogP contribution in [-0.2, 0) is 0 Å². The number of aliphatic hydroxyl groups excluding tert-OH is 1. The Hall–Kier alpha value is -2.47. The number of aromatic hydroxyl groups is 1. The lowest BCUT2D eigenvalue weighted by molar-refractivity contribution is 0.253. The van der Waals surface area contributed by atoms with Gasteiger partial charge in [0, 0.05) is 6.61 Å². The molecule has 0 amide bonds. The van der Waals surface area contributed by atoms with Gasteiger partial charge in [-0.3, -0.25) is 0 Å². The zero-order chi connectivity index (χ0) is 17.5. The molecule has 0 radical (unpaired) electrons. The lowest BCUT2D eigenvalue weighted by Crippen LogP contribution is -2.08. The molecule has 0 fully saturated rings. The maximum absolute atomic E-state index is 12.0. The van der Waals surface area contributed by atoms with Crippen molar-refractivity contribution in [1.29, 1.82) is 0 Å². The Bertz CT molecular complexity index is 771. The van der Waals surface area contributed by atoms with Crippen LogP contribution in [0.3, 0.4) is 0 Å². The summed E-state index contributed by atoms with van der Waals surface area (Å²) in [6, 6.07) is 4.94. The van der Waals surface area contributed by atoms with Gasteiger partial charge in [-0.05, 0) is 44.9 Å². The molecule has 2 aromatic rings. The van der Waals surface area contributed by atoms with Crippen LogP contribution < -0.4 is 15.1 Å². The first-order valence-corrected chi connectivity index (χ1v) is 7.83. The van der Waals surface area contributed by atoms with Crippen molar-refractivity contribution in [3.05, 3.63) is 40.3 Å². The van der Waals surface area contributed by atoms with Crippen LogP contribution in [0.15, 0.2) is 39.1 Å². The van der Waals surface area contributed by atoms with Crippen molar-refractivity contribution < 1.29 is 24.1 Å². The molecule has 0 aliphatic heterocycles. The molecule has 0 unspecified atom stereocenters.